The molecule has 2 aromatic rings. The van der Waals surface area contributed by atoms with Crippen molar-refractivity contribution in [2.45, 2.75) is 19.8 Å². The molecule has 0 saturated carbocycles. The Morgan fingerprint density at radius 2 is 1.64 bits per heavy atom. The molecule has 0 radical (unpaired) electrons. The maximum absolute atomic E-state index is 10.9. The first kappa shape index (κ1) is 17.9. The Morgan fingerprint density at radius 3 is 2.00 bits per heavy atom. The first-order valence-corrected chi connectivity index (χ1v) is 7.93. The number of esters is 1. The number of nitrogen functional groups attached to an aromatic ring is 2. The largest absolute Gasteiger partial charge is 0.481 e. The van der Waals surface area contributed by atoms with E-state index in [4.69, 9.17) is 21.3 Å². The normalized spacial score (nSPS) is 9.68. The van der Waals surface area contributed by atoms with Crippen LogP contribution in [0.25, 0.3) is 0 Å². The monoisotopic (exact) mass is 344 g/mol. The Labute approximate surface area is 134 Å². The van der Waals surface area contributed by atoms with E-state index in [1.807, 2.05) is 0 Å². The summed E-state index contributed by atoms with van der Waals surface area (Å²) in [5.74, 6) is -1.15. The molecule has 0 bridgehead atoms. The quantitative estimate of drug-likeness (QED) is 0.687. The van der Waals surface area contributed by atoms with E-state index in [0.29, 0.717) is 28.3 Å². The van der Waals surface area contributed by atoms with E-state index in [9.17, 15) is 9.59 Å². The molecule has 10 heteroatoms. The van der Waals surface area contributed by atoms with Crippen molar-refractivity contribution in [1.82, 2.24) is 9.97 Å². The Balaban J connectivity index is 0.000000224. The van der Waals surface area contributed by atoms with Gasteiger partial charge >= 0.3 is 11.9 Å². The maximum Gasteiger partial charge on any atom is 0.311 e. The first-order valence-electron chi connectivity index (χ1n) is 6.17. The summed E-state index contributed by atoms with van der Waals surface area (Å²) in [5.41, 5.74) is 11.9. The van der Waals surface area contributed by atoms with Crippen LogP contribution in [-0.4, -0.2) is 33.6 Å². The summed E-state index contributed by atoms with van der Waals surface area (Å²) >= 11 is 2.57. The number of carboxylic acid groups (broad SMARTS) is 1. The van der Waals surface area contributed by atoms with Crippen LogP contribution in [0, 0.1) is 0 Å². The maximum atomic E-state index is 10.9. The van der Waals surface area contributed by atoms with Crippen LogP contribution in [0.3, 0.4) is 0 Å². The summed E-state index contributed by atoms with van der Waals surface area (Å²) in [4.78, 5) is 28.7. The summed E-state index contributed by atoms with van der Waals surface area (Å²) in [6.07, 6.45) is 0.162. The molecule has 2 aromatic heterocycles. The fourth-order valence-electron chi connectivity index (χ4n) is 1.32. The van der Waals surface area contributed by atoms with Crippen molar-refractivity contribution in [3.8, 4) is 0 Å². The van der Waals surface area contributed by atoms with E-state index in [1.165, 1.54) is 22.7 Å². The van der Waals surface area contributed by atoms with E-state index < -0.39 is 5.97 Å². The minimum absolute atomic E-state index is 0.0479. The fraction of sp³-hybridized carbons (Fsp3) is 0.333. The molecule has 8 nitrogen and oxygen atoms in total. The number of thiazole rings is 2. The lowest BCUT2D eigenvalue weighted by molar-refractivity contribution is -0.142. The van der Waals surface area contributed by atoms with Crippen molar-refractivity contribution in [3.05, 3.63) is 22.1 Å². The predicted molar refractivity (Wildman–Crippen MR) is 84.7 cm³/mol. The van der Waals surface area contributed by atoms with Crippen LogP contribution in [0.2, 0.25) is 0 Å². The molecule has 2 heterocycles. The van der Waals surface area contributed by atoms with Crippen molar-refractivity contribution in [2.24, 2.45) is 0 Å². The third kappa shape index (κ3) is 6.99. The molecule has 0 saturated heterocycles. The summed E-state index contributed by atoms with van der Waals surface area (Å²) in [5, 5.41) is 12.6. The van der Waals surface area contributed by atoms with Gasteiger partial charge in [-0.05, 0) is 6.92 Å². The van der Waals surface area contributed by atoms with Crippen LogP contribution in [0.1, 0.15) is 18.3 Å². The van der Waals surface area contributed by atoms with Gasteiger partial charge in [0.1, 0.15) is 0 Å². The highest BCUT2D eigenvalue weighted by Crippen LogP contribution is 2.12. The van der Waals surface area contributed by atoms with Gasteiger partial charge < -0.3 is 21.3 Å². The number of nitrogens with two attached hydrogens (primary N) is 2. The van der Waals surface area contributed by atoms with Crippen LogP contribution < -0.4 is 11.5 Å². The lowest BCUT2D eigenvalue weighted by Crippen LogP contribution is -2.07. The zero-order valence-corrected chi connectivity index (χ0v) is 13.4. The molecule has 0 atom stereocenters. The van der Waals surface area contributed by atoms with Crippen LogP contribution in [0.15, 0.2) is 10.8 Å². The topological polar surface area (TPSA) is 141 Å². The van der Waals surface area contributed by atoms with Gasteiger partial charge in [-0.2, -0.15) is 0 Å². The smallest absolute Gasteiger partial charge is 0.311 e. The van der Waals surface area contributed by atoms with Gasteiger partial charge in [0.2, 0.25) is 0 Å². The molecule has 0 spiro atoms. The number of ether oxygens (including phenoxy) is 1. The molecule has 0 aliphatic heterocycles. The lowest BCUT2D eigenvalue weighted by Gasteiger charge is -1.97. The first-order chi connectivity index (χ1) is 10.4. The summed E-state index contributed by atoms with van der Waals surface area (Å²) in [6, 6.07) is 0. The van der Waals surface area contributed by atoms with E-state index in [-0.39, 0.29) is 18.8 Å². The van der Waals surface area contributed by atoms with E-state index in [0.717, 1.165) is 0 Å². The average molecular weight is 344 g/mol. The highest BCUT2D eigenvalue weighted by molar-refractivity contribution is 7.13. The second-order valence-electron chi connectivity index (χ2n) is 3.91. The Bertz CT molecular complexity index is 626. The number of anilines is 2. The molecule has 0 unspecified atom stereocenters. The van der Waals surface area contributed by atoms with E-state index in [1.54, 1.807) is 17.7 Å². The number of hydrogen-bond donors (Lipinski definition) is 3. The van der Waals surface area contributed by atoms with E-state index in [2.05, 4.69) is 9.97 Å². The van der Waals surface area contributed by atoms with Crippen molar-refractivity contribution in [1.29, 1.82) is 0 Å². The number of carboxylic acids is 1. The molecular weight excluding hydrogens is 328 g/mol. The van der Waals surface area contributed by atoms with Crippen molar-refractivity contribution < 1.29 is 19.4 Å². The number of aromatic nitrogens is 2. The predicted octanol–water partition coefficient (Wildman–Crippen LogP) is 1.18. The number of rotatable bonds is 5. The van der Waals surface area contributed by atoms with Crippen molar-refractivity contribution in [2.75, 3.05) is 18.1 Å². The van der Waals surface area contributed by atoms with Crippen LogP contribution in [-0.2, 0) is 27.2 Å². The summed E-state index contributed by atoms with van der Waals surface area (Å²) in [7, 11) is 0. The van der Waals surface area contributed by atoms with Gasteiger partial charge in [-0.1, -0.05) is 0 Å². The molecule has 0 aliphatic rings. The van der Waals surface area contributed by atoms with E-state index >= 15 is 0 Å². The standard InChI is InChI=1S/C7H10N2O2S.C5H6N2O2S/c1-2-11-6(10)3-5-4-12-7(8)9-5;6-5-7-3(2-10-5)1-4(8)9/h4H,2-3H2,1H3,(H2,8,9);2H,1H2,(H2,6,7)(H,8,9). The highest BCUT2D eigenvalue weighted by Gasteiger charge is 2.06. The molecule has 22 heavy (non-hydrogen) atoms. The highest BCUT2D eigenvalue weighted by atomic mass is 32.1. The van der Waals surface area contributed by atoms with Gasteiger partial charge in [0.05, 0.1) is 30.8 Å². The van der Waals surface area contributed by atoms with Gasteiger partial charge in [-0.3, -0.25) is 9.59 Å². The van der Waals surface area contributed by atoms with Crippen molar-refractivity contribution in [3.63, 3.8) is 0 Å². The molecular formula is C12H16N4O4S2. The molecule has 0 amide bonds. The summed E-state index contributed by atoms with van der Waals surface area (Å²) in [6.45, 7) is 2.17. The van der Waals surface area contributed by atoms with Gasteiger partial charge in [0, 0.05) is 10.8 Å². The second kappa shape index (κ2) is 8.95. The lowest BCUT2D eigenvalue weighted by atomic mass is 10.3. The number of nitrogens with zero attached hydrogens (tertiary/aromatic N) is 2. The summed E-state index contributed by atoms with van der Waals surface area (Å²) < 4.78 is 4.74. The number of aliphatic carboxylic acids is 1. The van der Waals surface area contributed by atoms with Gasteiger partial charge in [-0.25, -0.2) is 9.97 Å². The number of carbonyl (C=O) groups is 2. The Morgan fingerprint density at radius 1 is 1.14 bits per heavy atom. The molecule has 0 aromatic carbocycles. The SMILES string of the molecule is CCOC(=O)Cc1csc(N)n1.Nc1nc(CC(=O)O)cs1. The zero-order valence-electron chi connectivity index (χ0n) is 11.8. The van der Waals surface area contributed by atoms with Crippen molar-refractivity contribution >= 4 is 44.9 Å². The Kier molecular flexibility index (Phi) is 7.26. The van der Waals surface area contributed by atoms with Crippen LogP contribution >= 0.6 is 22.7 Å². The van der Waals surface area contributed by atoms with Gasteiger partial charge in [0.15, 0.2) is 10.3 Å². The molecule has 2 rings (SSSR count). The van der Waals surface area contributed by atoms with Gasteiger partial charge in [-0.15, -0.1) is 22.7 Å². The minimum atomic E-state index is -0.884. The second-order valence-corrected chi connectivity index (χ2v) is 5.69. The minimum Gasteiger partial charge on any atom is -0.481 e. The number of carbonyl (C=O) groups excluding carboxylic acids is 1. The zero-order chi connectivity index (χ0) is 16.5. The Hall–Kier alpha value is -2.20. The van der Waals surface area contributed by atoms with Crippen LogP contribution in [0.5, 0.6) is 0 Å². The fourth-order valence-corrected chi connectivity index (χ4v) is 2.45. The number of hydrogen-bond acceptors (Lipinski definition) is 9. The molecule has 120 valence electrons. The third-order valence-corrected chi connectivity index (χ3v) is 3.55. The molecule has 0 aliphatic carbocycles. The average Bonchev–Trinajstić information content (AvgIpc) is 2.99. The van der Waals surface area contributed by atoms with Crippen LogP contribution in [0.4, 0.5) is 10.3 Å². The third-order valence-electron chi connectivity index (χ3n) is 2.10. The molecule has 5 N–H and O–H groups in total. The van der Waals surface area contributed by atoms with Gasteiger partial charge in [0.25, 0.3) is 0 Å². The molecule has 0 fully saturated rings.